The lowest BCUT2D eigenvalue weighted by atomic mass is 10.7. The summed E-state index contributed by atoms with van der Waals surface area (Å²) < 4.78 is 44.7. The predicted molar refractivity (Wildman–Crippen MR) is 39.1 cm³/mol. The van der Waals surface area contributed by atoms with Crippen molar-refractivity contribution in [3.63, 3.8) is 0 Å². The third-order valence-corrected chi connectivity index (χ3v) is 2.23. The van der Waals surface area contributed by atoms with Crippen LogP contribution >= 0.6 is 10.7 Å². The monoisotopic (exact) mass is 231 g/mol. The minimum atomic E-state index is -3.98. The highest BCUT2D eigenvalue weighted by molar-refractivity contribution is 8.13. The molecule has 0 saturated heterocycles. The van der Waals surface area contributed by atoms with Crippen LogP contribution in [0.5, 0.6) is 0 Å². The van der Waals surface area contributed by atoms with Crippen molar-refractivity contribution in [3.05, 3.63) is 6.20 Å². The number of alkyl halides is 2. The first-order chi connectivity index (χ1) is 5.89. The summed E-state index contributed by atoms with van der Waals surface area (Å²) in [4.78, 5) is 0.569. The average Bonchev–Trinajstić information content (AvgIpc) is 2.32. The van der Waals surface area contributed by atoms with Crippen molar-refractivity contribution in [2.45, 2.75) is 18.0 Å². The summed E-state index contributed by atoms with van der Waals surface area (Å²) in [6.07, 6.45) is -1.83. The van der Waals surface area contributed by atoms with Gasteiger partial charge >= 0.3 is 0 Å². The first kappa shape index (κ1) is 10.3. The molecule has 0 amide bonds. The molecule has 0 aliphatic heterocycles. The highest BCUT2D eigenvalue weighted by Gasteiger charge is 2.16. The summed E-state index contributed by atoms with van der Waals surface area (Å²) in [5.74, 6) is 0. The fraction of sp³-hybridized carbons (Fsp3) is 0.500. The SMILES string of the molecule is O=S(=O)(Cl)c1cnn(CC(F)F)n1. The average molecular weight is 232 g/mol. The molecule has 0 unspecified atom stereocenters. The number of rotatable bonds is 3. The van der Waals surface area contributed by atoms with Crippen LogP contribution in [0.4, 0.5) is 8.78 Å². The van der Waals surface area contributed by atoms with Gasteiger partial charge in [0, 0.05) is 10.7 Å². The molecule has 74 valence electrons. The van der Waals surface area contributed by atoms with Gasteiger partial charge in [0.2, 0.25) is 5.03 Å². The van der Waals surface area contributed by atoms with E-state index in [-0.39, 0.29) is 0 Å². The summed E-state index contributed by atoms with van der Waals surface area (Å²) in [5, 5.41) is 5.98. The lowest BCUT2D eigenvalue weighted by Crippen LogP contribution is -2.10. The van der Waals surface area contributed by atoms with Crippen molar-refractivity contribution in [2.24, 2.45) is 0 Å². The molecule has 0 aromatic carbocycles. The molecule has 0 saturated carbocycles. The molecule has 0 atom stereocenters. The molecular weight excluding hydrogens is 228 g/mol. The summed E-state index contributed by atoms with van der Waals surface area (Å²) in [7, 11) is 0.892. The predicted octanol–water partition coefficient (Wildman–Crippen LogP) is 0.471. The van der Waals surface area contributed by atoms with Crippen molar-refractivity contribution in [1.82, 2.24) is 15.0 Å². The molecule has 13 heavy (non-hydrogen) atoms. The summed E-state index contributed by atoms with van der Waals surface area (Å²) >= 11 is 0. The highest BCUT2D eigenvalue weighted by Crippen LogP contribution is 2.09. The molecular formula is C4H4ClF2N3O2S. The van der Waals surface area contributed by atoms with Crippen molar-refractivity contribution >= 4 is 19.7 Å². The molecule has 0 N–H and O–H groups in total. The van der Waals surface area contributed by atoms with Crippen LogP contribution in [-0.4, -0.2) is 29.8 Å². The molecule has 1 aromatic heterocycles. The van der Waals surface area contributed by atoms with Gasteiger partial charge in [0.1, 0.15) is 6.54 Å². The second-order valence-electron chi connectivity index (χ2n) is 2.07. The molecule has 0 bridgehead atoms. The maximum atomic E-state index is 11.7. The van der Waals surface area contributed by atoms with Crippen molar-refractivity contribution in [1.29, 1.82) is 0 Å². The van der Waals surface area contributed by atoms with Crippen molar-refractivity contribution in [3.8, 4) is 0 Å². The zero-order valence-corrected chi connectivity index (χ0v) is 7.63. The van der Waals surface area contributed by atoms with Crippen LogP contribution in [0.1, 0.15) is 0 Å². The largest absolute Gasteiger partial charge is 0.282 e. The molecule has 1 rings (SSSR count). The van der Waals surface area contributed by atoms with Crippen LogP contribution in [-0.2, 0) is 15.6 Å². The van der Waals surface area contributed by atoms with Gasteiger partial charge in [-0.2, -0.15) is 9.90 Å². The van der Waals surface area contributed by atoms with Gasteiger partial charge in [0.05, 0.1) is 6.20 Å². The van der Waals surface area contributed by atoms with Gasteiger partial charge in [-0.25, -0.2) is 17.2 Å². The molecule has 0 aliphatic carbocycles. The highest BCUT2D eigenvalue weighted by atomic mass is 35.7. The Balaban J connectivity index is 2.88. The van der Waals surface area contributed by atoms with Gasteiger partial charge < -0.3 is 0 Å². The maximum absolute atomic E-state index is 11.7. The van der Waals surface area contributed by atoms with Crippen molar-refractivity contribution in [2.75, 3.05) is 0 Å². The molecule has 0 radical (unpaired) electrons. The first-order valence-electron chi connectivity index (χ1n) is 3.02. The van der Waals surface area contributed by atoms with Crippen LogP contribution in [0.2, 0.25) is 0 Å². The van der Waals surface area contributed by atoms with Gasteiger partial charge in [-0.15, -0.1) is 5.10 Å². The fourth-order valence-electron chi connectivity index (χ4n) is 0.605. The van der Waals surface area contributed by atoms with Gasteiger partial charge in [-0.05, 0) is 0 Å². The second-order valence-corrected chi connectivity index (χ2v) is 4.58. The van der Waals surface area contributed by atoms with Gasteiger partial charge in [0.25, 0.3) is 15.5 Å². The van der Waals surface area contributed by atoms with Gasteiger partial charge in [-0.1, -0.05) is 0 Å². The molecule has 0 aliphatic rings. The Morgan fingerprint density at radius 3 is 2.62 bits per heavy atom. The summed E-state index contributed by atoms with van der Waals surface area (Å²) in [6, 6.07) is 0. The number of nitrogens with zero attached hydrogens (tertiary/aromatic N) is 3. The van der Waals surface area contributed by atoms with E-state index in [4.69, 9.17) is 10.7 Å². The minimum Gasteiger partial charge on any atom is -0.208 e. The van der Waals surface area contributed by atoms with Crippen LogP contribution in [0, 0.1) is 0 Å². The lowest BCUT2D eigenvalue weighted by molar-refractivity contribution is 0.115. The first-order valence-corrected chi connectivity index (χ1v) is 5.33. The number of aromatic nitrogens is 3. The quantitative estimate of drug-likeness (QED) is 0.710. The Labute approximate surface area is 76.7 Å². The van der Waals surface area contributed by atoms with Crippen LogP contribution in [0.15, 0.2) is 11.2 Å². The van der Waals surface area contributed by atoms with E-state index in [1.54, 1.807) is 0 Å². The van der Waals surface area contributed by atoms with E-state index < -0.39 is 27.0 Å². The van der Waals surface area contributed by atoms with E-state index in [0.717, 1.165) is 6.20 Å². The van der Waals surface area contributed by atoms with Gasteiger partial charge in [0.15, 0.2) is 0 Å². The Morgan fingerprint density at radius 1 is 1.62 bits per heavy atom. The smallest absolute Gasteiger partial charge is 0.208 e. The standard InChI is InChI=1S/C4H4ClF2N3O2S/c5-13(11,12)4-1-8-10(9-4)2-3(6)7/h1,3H,2H2. The summed E-state index contributed by atoms with van der Waals surface area (Å²) in [5.41, 5.74) is 0. The maximum Gasteiger partial charge on any atom is 0.282 e. The topological polar surface area (TPSA) is 64.8 Å². The molecule has 1 heterocycles. The Kier molecular flexibility index (Phi) is 2.81. The number of halogens is 3. The minimum absolute atomic E-state index is 0.533. The van der Waals surface area contributed by atoms with E-state index in [1.165, 1.54) is 0 Å². The van der Waals surface area contributed by atoms with E-state index in [1.807, 2.05) is 0 Å². The number of hydrogen-bond donors (Lipinski definition) is 0. The molecule has 5 nitrogen and oxygen atoms in total. The van der Waals surface area contributed by atoms with Crippen LogP contribution in [0.25, 0.3) is 0 Å². The van der Waals surface area contributed by atoms with Crippen molar-refractivity contribution < 1.29 is 17.2 Å². The van der Waals surface area contributed by atoms with E-state index in [2.05, 4.69) is 10.2 Å². The Hall–Kier alpha value is -0.760. The molecule has 1 aromatic rings. The van der Waals surface area contributed by atoms with E-state index in [0.29, 0.717) is 4.80 Å². The molecule has 0 spiro atoms. The summed E-state index contributed by atoms with van der Waals surface area (Å²) in [6.45, 7) is -0.758. The Morgan fingerprint density at radius 2 is 2.23 bits per heavy atom. The Bertz CT molecular complexity index is 390. The second kappa shape index (κ2) is 3.54. The molecule has 9 heteroatoms. The van der Waals surface area contributed by atoms with Gasteiger partial charge in [-0.3, -0.25) is 0 Å². The van der Waals surface area contributed by atoms with E-state index >= 15 is 0 Å². The third-order valence-electron chi connectivity index (χ3n) is 1.07. The normalized spacial score (nSPS) is 12.3. The zero-order chi connectivity index (χ0) is 10.1. The molecule has 0 fully saturated rings. The van der Waals surface area contributed by atoms with E-state index in [9.17, 15) is 17.2 Å². The number of hydrogen-bond acceptors (Lipinski definition) is 4. The zero-order valence-electron chi connectivity index (χ0n) is 6.06. The fourth-order valence-corrected chi connectivity index (χ4v) is 1.18. The van der Waals surface area contributed by atoms with Crippen LogP contribution < -0.4 is 0 Å². The third kappa shape index (κ3) is 2.88. The lowest BCUT2D eigenvalue weighted by Gasteiger charge is -1.95. The van der Waals surface area contributed by atoms with Crippen LogP contribution in [0.3, 0.4) is 0 Å².